The van der Waals surface area contributed by atoms with Crippen molar-refractivity contribution in [3.8, 4) is 22.6 Å². The van der Waals surface area contributed by atoms with Gasteiger partial charge in [-0.15, -0.1) is 0 Å². The van der Waals surface area contributed by atoms with E-state index in [4.69, 9.17) is 0 Å². The molecule has 0 amide bonds. The van der Waals surface area contributed by atoms with Crippen molar-refractivity contribution < 1.29 is 13.2 Å². The van der Waals surface area contributed by atoms with Gasteiger partial charge in [-0.3, -0.25) is 4.79 Å². The van der Waals surface area contributed by atoms with Gasteiger partial charge in [-0.1, -0.05) is 42.5 Å². The summed E-state index contributed by atoms with van der Waals surface area (Å²) in [5.74, 6) is 0.227. The molecule has 3 aromatic rings. The van der Waals surface area contributed by atoms with Crippen molar-refractivity contribution in [2.24, 2.45) is 0 Å². The summed E-state index contributed by atoms with van der Waals surface area (Å²) in [6.45, 7) is 0. The Balaban J connectivity index is 2.04. The van der Waals surface area contributed by atoms with E-state index < -0.39 is 11.7 Å². The van der Waals surface area contributed by atoms with Gasteiger partial charge in [0.2, 0.25) is 0 Å². The van der Waals surface area contributed by atoms with Gasteiger partial charge in [0.05, 0.1) is 11.3 Å². The zero-order valence-electron chi connectivity index (χ0n) is 11.8. The van der Waals surface area contributed by atoms with E-state index in [1.165, 1.54) is 18.2 Å². The van der Waals surface area contributed by atoms with Crippen LogP contribution in [0.4, 0.5) is 13.2 Å². The SMILES string of the molecule is O=c1cc(-c2ccccc2)nc(-c2ccc(C(F)(F)F)cc2)[nH]1. The van der Waals surface area contributed by atoms with Crippen LogP contribution in [0.2, 0.25) is 0 Å². The van der Waals surface area contributed by atoms with Crippen LogP contribution in [0.3, 0.4) is 0 Å². The normalized spacial score (nSPS) is 11.4. The maximum atomic E-state index is 12.6. The van der Waals surface area contributed by atoms with E-state index in [1.807, 2.05) is 18.2 Å². The van der Waals surface area contributed by atoms with E-state index in [2.05, 4.69) is 9.97 Å². The Bertz CT molecular complexity index is 869. The minimum Gasteiger partial charge on any atom is -0.306 e. The second-order valence-electron chi connectivity index (χ2n) is 4.92. The lowest BCUT2D eigenvalue weighted by Gasteiger charge is -2.08. The van der Waals surface area contributed by atoms with Crippen molar-refractivity contribution >= 4 is 0 Å². The molecule has 1 heterocycles. The molecule has 0 bridgehead atoms. The van der Waals surface area contributed by atoms with E-state index in [0.717, 1.165) is 17.7 Å². The van der Waals surface area contributed by atoms with Crippen molar-refractivity contribution in [3.63, 3.8) is 0 Å². The molecule has 1 N–H and O–H groups in total. The van der Waals surface area contributed by atoms with Crippen LogP contribution in [0, 0.1) is 0 Å². The Kier molecular flexibility index (Phi) is 3.73. The van der Waals surface area contributed by atoms with Gasteiger partial charge in [-0.05, 0) is 12.1 Å². The molecule has 0 aliphatic carbocycles. The van der Waals surface area contributed by atoms with Crippen molar-refractivity contribution in [3.05, 3.63) is 76.6 Å². The topological polar surface area (TPSA) is 45.8 Å². The van der Waals surface area contributed by atoms with Crippen molar-refractivity contribution in [2.75, 3.05) is 0 Å². The van der Waals surface area contributed by atoms with Gasteiger partial charge in [0.15, 0.2) is 0 Å². The van der Waals surface area contributed by atoms with Crippen molar-refractivity contribution in [1.29, 1.82) is 0 Å². The van der Waals surface area contributed by atoms with Crippen LogP contribution < -0.4 is 5.56 Å². The maximum Gasteiger partial charge on any atom is 0.416 e. The third kappa shape index (κ3) is 3.31. The smallest absolute Gasteiger partial charge is 0.306 e. The maximum absolute atomic E-state index is 12.6. The second-order valence-corrected chi connectivity index (χ2v) is 4.92. The molecule has 2 aromatic carbocycles. The van der Waals surface area contributed by atoms with Crippen LogP contribution in [0.15, 0.2) is 65.5 Å². The number of benzene rings is 2. The summed E-state index contributed by atoms with van der Waals surface area (Å²) >= 11 is 0. The van der Waals surface area contributed by atoms with Gasteiger partial charge in [0.1, 0.15) is 5.82 Å². The van der Waals surface area contributed by atoms with E-state index in [0.29, 0.717) is 11.3 Å². The Morgan fingerprint density at radius 1 is 0.870 bits per heavy atom. The predicted molar refractivity (Wildman–Crippen MR) is 80.7 cm³/mol. The molecule has 0 saturated heterocycles. The summed E-state index contributed by atoms with van der Waals surface area (Å²) in [4.78, 5) is 18.7. The summed E-state index contributed by atoms with van der Waals surface area (Å²) in [6, 6.07) is 14.9. The van der Waals surface area contributed by atoms with Crippen LogP contribution in [0.1, 0.15) is 5.56 Å². The summed E-state index contributed by atoms with van der Waals surface area (Å²) in [5, 5.41) is 0. The number of nitrogens with one attached hydrogen (secondary N) is 1. The lowest BCUT2D eigenvalue weighted by Crippen LogP contribution is -2.09. The molecule has 3 nitrogen and oxygen atoms in total. The third-order valence-corrected chi connectivity index (χ3v) is 3.30. The average molecular weight is 316 g/mol. The monoisotopic (exact) mass is 316 g/mol. The van der Waals surface area contributed by atoms with Gasteiger partial charge >= 0.3 is 6.18 Å². The lowest BCUT2D eigenvalue weighted by atomic mass is 10.1. The summed E-state index contributed by atoms with van der Waals surface area (Å²) in [7, 11) is 0. The highest BCUT2D eigenvalue weighted by molar-refractivity contribution is 5.63. The number of nitrogens with zero attached hydrogens (tertiary/aromatic N) is 1. The number of halogens is 3. The van der Waals surface area contributed by atoms with E-state index in [-0.39, 0.29) is 11.4 Å². The molecule has 0 fully saturated rings. The molecule has 0 atom stereocenters. The quantitative estimate of drug-likeness (QED) is 0.773. The van der Waals surface area contributed by atoms with E-state index in [9.17, 15) is 18.0 Å². The fourth-order valence-electron chi connectivity index (χ4n) is 2.17. The molecule has 6 heteroatoms. The van der Waals surface area contributed by atoms with Gasteiger partial charge in [0.25, 0.3) is 5.56 Å². The average Bonchev–Trinajstić information content (AvgIpc) is 2.54. The molecule has 0 radical (unpaired) electrons. The third-order valence-electron chi connectivity index (χ3n) is 3.30. The van der Waals surface area contributed by atoms with Gasteiger partial charge < -0.3 is 4.98 Å². The molecule has 0 unspecified atom stereocenters. The zero-order valence-corrected chi connectivity index (χ0v) is 11.8. The van der Waals surface area contributed by atoms with Crippen molar-refractivity contribution in [2.45, 2.75) is 6.18 Å². The molecule has 0 aliphatic heterocycles. The molecule has 116 valence electrons. The molecular weight excluding hydrogens is 305 g/mol. The Hall–Kier alpha value is -2.89. The highest BCUT2D eigenvalue weighted by Crippen LogP contribution is 2.30. The summed E-state index contributed by atoms with van der Waals surface area (Å²) in [5.41, 5.74) is 0.514. The fraction of sp³-hybridized carbons (Fsp3) is 0.0588. The number of alkyl halides is 3. The van der Waals surface area contributed by atoms with Crippen LogP contribution in [0.5, 0.6) is 0 Å². The first-order chi connectivity index (χ1) is 10.9. The molecule has 1 aromatic heterocycles. The van der Waals surface area contributed by atoms with Crippen LogP contribution in [0.25, 0.3) is 22.6 Å². The minimum absolute atomic E-state index is 0.227. The van der Waals surface area contributed by atoms with Crippen LogP contribution >= 0.6 is 0 Å². The Morgan fingerprint density at radius 3 is 2.13 bits per heavy atom. The standard InChI is InChI=1S/C17H11F3N2O/c18-17(19,20)13-8-6-12(7-9-13)16-21-14(10-15(23)22-16)11-4-2-1-3-5-11/h1-10H,(H,21,22,23). The molecule has 0 saturated carbocycles. The molecule has 0 aliphatic rings. The first kappa shape index (κ1) is 15.0. The van der Waals surface area contributed by atoms with Gasteiger partial charge in [-0.25, -0.2) is 4.98 Å². The first-order valence-electron chi connectivity index (χ1n) is 6.78. The van der Waals surface area contributed by atoms with Gasteiger partial charge in [-0.2, -0.15) is 13.2 Å². The van der Waals surface area contributed by atoms with E-state index >= 15 is 0 Å². The number of hydrogen-bond acceptors (Lipinski definition) is 2. The first-order valence-corrected chi connectivity index (χ1v) is 6.78. The molecule has 0 spiro atoms. The molecular formula is C17H11F3N2O. The molecule has 3 rings (SSSR count). The lowest BCUT2D eigenvalue weighted by molar-refractivity contribution is -0.137. The van der Waals surface area contributed by atoms with Crippen LogP contribution in [-0.4, -0.2) is 9.97 Å². The predicted octanol–water partition coefficient (Wildman–Crippen LogP) is 4.12. The highest BCUT2D eigenvalue weighted by Gasteiger charge is 2.30. The second kappa shape index (κ2) is 5.72. The Labute approximate surface area is 129 Å². The Morgan fingerprint density at radius 2 is 1.52 bits per heavy atom. The van der Waals surface area contributed by atoms with E-state index in [1.54, 1.807) is 12.1 Å². The van der Waals surface area contributed by atoms with Gasteiger partial charge in [0, 0.05) is 17.2 Å². The summed E-state index contributed by atoms with van der Waals surface area (Å²) in [6.07, 6.45) is -4.40. The summed E-state index contributed by atoms with van der Waals surface area (Å²) < 4.78 is 37.8. The number of aromatic amines is 1. The van der Waals surface area contributed by atoms with Crippen LogP contribution in [-0.2, 0) is 6.18 Å². The number of aromatic nitrogens is 2. The number of hydrogen-bond donors (Lipinski definition) is 1. The largest absolute Gasteiger partial charge is 0.416 e. The minimum atomic E-state index is -4.40. The number of rotatable bonds is 2. The zero-order chi connectivity index (χ0) is 16.4. The fourth-order valence-corrected chi connectivity index (χ4v) is 2.17. The van der Waals surface area contributed by atoms with Crippen molar-refractivity contribution in [1.82, 2.24) is 9.97 Å². The number of H-pyrrole nitrogens is 1. The molecule has 23 heavy (non-hydrogen) atoms. The highest BCUT2D eigenvalue weighted by atomic mass is 19.4.